The van der Waals surface area contributed by atoms with Crippen LogP contribution < -0.4 is 16.0 Å². The third-order valence-corrected chi connectivity index (χ3v) is 10.5. The summed E-state index contributed by atoms with van der Waals surface area (Å²) in [7, 11) is 0. The molecule has 4 N–H and O–H groups in total. The van der Waals surface area contributed by atoms with E-state index in [-0.39, 0.29) is 48.3 Å². The molecule has 0 aromatic heterocycles. The summed E-state index contributed by atoms with van der Waals surface area (Å²) < 4.78 is 13.7. The first-order valence-corrected chi connectivity index (χ1v) is 18.3. The maximum Gasteiger partial charge on any atom is 0.319 e. The molecule has 0 radical (unpaired) electrons. The Hall–Kier alpha value is -3.76. The predicted octanol–water partition coefficient (Wildman–Crippen LogP) is 7.23. The molecular formula is C41H54N4O5. The molecule has 268 valence electrons. The highest BCUT2D eigenvalue weighted by Crippen LogP contribution is 2.44. The van der Waals surface area contributed by atoms with Crippen LogP contribution in [0.5, 0.6) is 0 Å². The normalized spacial score (nSPS) is 27.2. The van der Waals surface area contributed by atoms with Crippen molar-refractivity contribution in [1.82, 2.24) is 15.5 Å². The van der Waals surface area contributed by atoms with Gasteiger partial charge in [-0.05, 0) is 81.2 Å². The summed E-state index contributed by atoms with van der Waals surface area (Å²) in [6, 6.07) is 25.2. The number of aliphatic hydroxyl groups is 1. The highest BCUT2D eigenvalue weighted by atomic mass is 16.7. The van der Waals surface area contributed by atoms with E-state index >= 15 is 0 Å². The second kappa shape index (κ2) is 16.1. The fourth-order valence-electron chi connectivity index (χ4n) is 7.98. The second-order valence-electron chi connectivity index (χ2n) is 15.4. The van der Waals surface area contributed by atoms with Crippen molar-refractivity contribution in [1.29, 1.82) is 0 Å². The summed E-state index contributed by atoms with van der Waals surface area (Å²) >= 11 is 0. The molecule has 7 unspecified atom stereocenters. The largest absolute Gasteiger partial charge is 0.392 e. The van der Waals surface area contributed by atoms with Gasteiger partial charge < -0.3 is 30.5 Å². The third-order valence-electron chi connectivity index (χ3n) is 10.5. The standard InChI is InChI=1S/C41H54N4O5/c1-27-36(25-45-34-16-9-8-13-30(34)21-22-35(45)38(47)44-41(2,3)4)49-39(50-37(27)31-19-17-29(26-46)18-20-31)32-14-10-15-33(23-32)43-40(48)42-24-28-11-6-5-7-12-28/h5-7,10-12,14-15,17-20,23,27,30,34-37,39,46H,8-9,13,16,21-22,24-26H2,1-4H3,(H,44,47)(H2,42,43,48). The molecule has 9 heteroatoms. The molecule has 0 spiro atoms. The number of amides is 3. The average Bonchev–Trinajstić information content (AvgIpc) is 3.11. The van der Waals surface area contributed by atoms with Gasteiger partial charge in [0.15, 0.2) is 6.29 Å². The van der Waals surface area contributed by atoms with E-state index in [1.54, 1.807) is 0 Å². The van der Waals surface area contributed by atoms with Gasteiger partial charge in [-0.25, -0.2) is 4.79 Å². The minimum Gasteiger partial charge on any atom is -0.392 e. The Morgan fingerprint density at radius 2 is 1.62 bits per heavy atom. The van der Waals surface area contributed by atoms with Crippen LogP contribution in [0.1, 0.15) is 101 Å². The van der Waals surface area contributed by atoms with Crippen LogP contribution >= 0.6 is 0 Å². The number of urea groups is 1. The SMILES string of the molecule is CC1C(CN2C(C(=O)NC(C)(C)C)CCC3CCCCC32)OC(c2cccc(NC(=O)NCc3ccccc3)c2)OC1c1ccc(CO)cc1. The fraction of sp³-hybridized carbons (Fsp3) is 0.512. The Bertz CT molecular complexity index is 1580. The lowest BCUT2D eigenvalue weighted by molar-refractivity contribution is -0.278. The van der Waals surface area contributed by atoms with Gasteiger partial charge in [0.05, 0.1) is 24.9 Å². The number of rotatable bonds is 9. The van der Waals surface area contributed by atoms with Gasteiger partial charge >= 0.3 is 6.03 Å². The molecule has 2 aliphatic heterocycles. The smallest absolute Gasteiger partial charge is 0.319 e. The number of anilines is 1. The zero-order chi connectivity index (χ0) is 35.3. The van der Waals surface area contributed by atoms with Crippen LogP contribution in [0.15, 0.2) is 78.9 Å². The molecule has 9 nitrogen and oxygen atoms in total. The van der Waals surface area contributed by atoms with Crippen LogP contribution in [0.3, 0.4) is 0 Å². The van der Waals surface area contributed by atoms with Gasteiger partial charge in [-0.1, -0.05) is 86.5 Å². The van der Waals surface area contributed by atoms with E-state index in [4.69, 9.17) is 9.47 Å². The number of carbonyl (C=O) groups is 2. The maximum atomic E-state index is 13.8. The first-order valence-electron chi connectivity index (χ1n) is 18.3. The van der Waals surface area contributed by atoms with Crippen molar-refractivity contribution in [3.8, 4) is 0 Å². The summed E-state index contributed by atoms with van der Waals surface area (Å²) in [6.45, 7) is 9.31. The van der Waals surface area contributed by atoms with Crippen molar-refractivity contribution in [2.45, 2.75) is 115 Å². The molecule has 7 atom stereocenters. The highest BCUT2D eigenvalue weighted by Gasteiger charge is 2.46. The number of nitrogens with zero attached hydrogens (tertiary/aromatic N) is 1. The molecule has 50 heavy (non-hydrogen) atoms. The Kier molecular flexibility index (Phi) is 11.6. The van der Waals surface area contributed by atoms with E-state index in [1.807, 2.05) is 99.6 Å². The van der Waals surface area contributed by atoms with Crippen molar-refractivity contribution < 1.29 is 24.2 Å². The number of likely N-dealkylation sites (tertiary alicyclic amines) is 1. The topological polar surface area (TPSA) is 112 Å². The van der Waals surface area contributed by atoms with Gasteiger partial charge in [0.25, 0.3) is 0 Å². The molecular weight excluding hydrogens is 628 g/mol. The molecule has 3 aromatic rings. The quantitative estimate of drug-likeness (QED) is 0.190. The first-order chi connectivity index (χ1) is 24.1. The molecule has 6 rings (SSSR count). The van der Waals surface area contributed by atoms with Crippen molar-refractivity contribution >= 4 is 17.6 Å². The number of aliphatic hydroxyl groups excluding tert-OH is 1. The van der Waals surface area contributed by atoms with E-state index in [2.05, 4.69) is 27.8 Å². The van der Waals surface area contributed by atoms with Crippen LogP contribution in [0.2, 0.25) is 0 Å². The number of carbonyl (C=O) groups excluding carboxylic acids is 2. The third kappa shape index (κ3) is 8.93. The Morgan fingerprint density at radius 3 is 2.36 bits per heavy atom. The van der Waals surface area contributed by atoms with Crippen LogP contribution in [-0.2, 0) is 27.4 Å². The lowest BCUT2D eigenvalue weighted by Gasteiger charge is -2.51. The summed E-state index contributed by atoms with van der Waals surface area (Å²) in [5.74, 6) is 0.663. The van der Waals surface area contributed by atoms with E-state index in [1.165, 1.54) is 19.3 Å². The molecule has 2 heterocycles. The number of hydrogen-bond acceptors (Lipinski definition) is 6. The van der Waals surface area contributed by atoms with Gasteiger partial charge in [0, 0.05) is 41.8 Å². The first kappa shape index (κ1) is 36.0. The van der Waals surface area contributed by atoms with E-state index in [9.17, 15) is 14.7 Å². The van der Waals surface area contributed by atoms with E-state index < -0.39 is 6.29 Å². The van der Waals surface area contributed by atoms with Crippen LogP contribution in [0.25, 0.3) is 0 Å². The molecule has 1 aliphatic carbocycles. The van der Waals surface area contributed by atoms with Crippen LogP contribution in [-0.4, -0.2) is 52.2 Å². The van der Waals surface area contributed by atoms with E-state index in [0.29, 0.717) is 30.7 Å². The Balaban J connectivity index is 1.26. The number of piperidine rings is 1. The Morgan fingerprint density at radius 1 is 0.860 bits per heavy atom. The second-order valence-corrected chi connectivity index (χ2v) is 15.4. The fourth-order valence-corrected chi connectivity index (χ4v) is 7.98. The number of hydrogen-bond donors (Lipinski definition) is 4. The maximum absolute atomic E-state index is 13.8. The molecule has 0 bridgehead atoms. The zero-order valence-corrected chi connectivity index (χ0v) is 29.9. The zero-order valence-electron chi connectivity index (χ0n) is 29.9. The van der Waals surface area contributed by atoms with Crippen LogP contribution in [0, 0.1) is 11.8 Å². The molecule has 3 fully saturated rings. The number of fused-ring (bicyclic) bond motifs is 1. The van der Waals surface area contributed by atoms with Crippen LogP contribution in [0.4, 0.5) is 10.5 Å². The van der Waals surface area contributed by atoms with Gasteiger partial charge in [-0.15, -0.1) is 0 Å². The van der Waals surface area contributed by atoms with Crippen molar-refractivity contribution in [2.75, 3.05) is 11.9 Å². The minimum absolute atomic E-state index is 0.0217. The van der Waals surface area contributed by atoms with Crippen molar-refractivity contribution in [2.24, 2.45) is 11.8 Å². The summed E-state index contributed by atoms with van der Waals surface area (Å²) in [6.07, 6.45) is 5.44. The number of ether oxygens (including phenoxy) is 2. The molecule has 3 aromatic carbocycles. The Labute approximate surface area is 297 Å². The van der Waals surface area contributed by atoms with Gasteiger partial charge in [0.1, 0.15) is 0 Å². The molecule has 2 saturated heterocycles. The molecule has 1 saturated carbocycles. The summed E-state index contributed by atoms with van der Waals surface area (Å²) in [5.41, 5.74) is 4.00. The monoisotopic (exact) mass is 682 g/mol. The van der Waals surface area contributed by atoms with Gasteiger partial charge in [-0.3, -0.25) is 9.69 Å². The number of nitrogens with one attached hydrogen (secondary N) is 3. The van der Waals surface area contributed by atoms with Gasteiger partial charge in [-0.2, -0.15) is 0 Å². The highest BCUT2D eigenvalue weighted by molar-refractivity contribution is 5.89. The predicted molar refractivity (Wildman–Crippen MR) is 195 cm³/mol. The molecule has 3 amide bonds. The van der Waals surface area contributed by atoms with E-state index in [0.717, 1.165) is 41.5 Å². The minimum atomic E-state index is -0.693. The van der Waals surface area contributed by atoms with Gasteiger partial charge in [0.2, 0.25) is 5.91 Å². The molecule has 3 aliphatic rings. The lowest BCUT2D eigenvalue weighted by atomic mass is 9.75. The summed E-state index contributed by atoms with van der Waals surface area (Å²) in [4.78, 5) is 29.1. The average molecular weight is 683 g/mol. The van der Waals surface area contributed by atoms with Crippen molar-refractivity contribution in [3.05, 3.63) is 101 Å². The van der Waals surface area contributed by atoms with Crippen molar-refractivity contribution in [3.63, 3.8) is 0 Å². The lowest BCUT2D eigenvalue weighted by Crippen LogP contribution is -2.61. The summed E-state index contributed by atoms with van der Waals surface area (Å²) in [5, 5.41) is 18.9. The number of benzene rings is 3.